The summed E-state index contributed by atoms with van der Waals surface area (Å²) in [5, 5.41) is 39.7. The minimum absolute atomic E-state index is 0.0506. The number of benzene rings is 2. The Morgan fingerprint density at radius 2 is 1.48 bits per heavy atom. The van der Waals surface area contributed by atoms with Gasteiger partial charge in [0.05, 0.1) is 17.4 Å². The van der Waals surface area contributed by atoms with Crippen LogP contribution in [0.1, 0.15) is 0 Å². The fourth-order valence-electron chi connectivity index (χ4n) is 1.76. The Kier molecular flexibility index (Phi) is 5.43. The second-order valence-electron chi connectivity index (χ2n) is 4.48. The van der Waals surface area contributed by atoms with Gasteiger partial charge in [-0.05, 0) is 12.1 Å². The van der Waals surface area contributed by atoms with Crippen molar-refractivity contribution in [2.24, 2.45) is 0 Å². The number of hydrazine groups is 1. The molecule has 7 N–H and O–H groups in total. The molecular weight excluding hydrogens is 306 g/mol. The van der Waals surface area contributed by atoms with Crippen molar-refractivity contribution in [2.45, 2.75) is 0 Å². The number of hydrogen-bond acceptors (Lipinski definition) is 6. The highest BCUT2D eigenvalue weighted by Gasteiger charge is 2.12. The van der Waals surface area contributed by atoms with Gasteiger partial charge >= 0.3 is 6.03 Å². The molecule has 0 saturated carbocycles. The van der Waals surface area contributed by atoms with Gasteiger partial charge in [0.15, 0.2) is 11.4 Å². The van der Waals surface area contributed by atoms with Crippen LogP contribution in [-0.2, 0) is 0 Å². The van der Waals surface area contributed by atoms with Gasteiger partial charge in [-0.15, -0.1) is 0 Å². The average molecular weight is 321 g/mol. The first-order valence-corrected chi connectivity index (χ1v) is 6.45. The van der Waals surface area contributed by atoms with E-state index in [1.807, 2.05) is 6.07 Å². The lowest BCUT2D eigenvalue weighted by Gasteiger charge is -2.17. The summed E-state index contributed by atoms with van der Waals surface area (Å²) >= 11 is 0. The molecule has 0 saturated heterocycles. The zero-order chi connectivity index (χ0) is 16.8. The van der Waals surface area contributed by atoms with E-state index in [2.05, 4.69) is 16.2 Å². The predicted octanol–water partition coefficient (Wildman–Crippen LogP) is -0.358. The van der Waals surface area contributed by atoms with Crippen molar-refractivity contribution in [1.82, 2.24) is 5.43 Å². The smallest absolute Gasteiger partial charge is 0.337 e. The standard InChI is InChI=1S/C13H15N5O5/c19-13(16-15-9-4-2-1-3-5-9)14-10-6-11(17(20)21)8-12(7-10)18(22)23/h1-8,15,17-18,20,22H,(H2,14,16,19). The van der Waals surface area contributed by atoms with Gasteiger partial charge in [0, 0.05) is 12.1 Å². The van der Waals surface area contributed by atoms with Crippen LogP contribution in [-0.4, -0.2) is 16.4 Å². The number of para-hydroxylation sites is 1. The van der Waals surface area contributed by atoms with E-state index in [1.165, 1.54) is 0 Å². The number of carbonyl (C=O) groups is 1. The number of quaternary nitrogens is 2. The largest absolute Gasteiger partial charge is 0.595 e. The van der Waals surface area contributed by atoms with E-state index in [4.69, 9.17) is 10.4 Å². The third-order valence-corrected chi connectivity index (χ3v) is 2.78. The summed E-state index contributed by atoms with van der Waals surface area (Å²) in [6.07, 6.45) is 0. The predicted molar refractivity (Wildman–Crippen MR) is 80.2 cm³/mol. The highest BCUT2D eigenvalue weighted by atomic mass is 16.8. The lowest BCUT2D eigenvalue weighted by atomic mass is 10.2. The molecule has 0 fully saturated rings. The van der Waals surface area contributed by atoms with E-state index in [1.54, 1.807) is 24.3 Å². The summed E-state index contributed by atoms with van der Waals surface area (Å²) in [6, 6.07) is 11.5. The summed E-state index contributed by atoms with van der Waals surface area (Å²) in [5.41, 5.74) is 5.21. The molecule has 23 heavy (non-hydrogen) atoms. The highest BCUT2D eigenvalue weighted by Crippen LogP contribution is 2.17. The zero-order valence-corrected chi connectivity index (χ0v) is 11.7. The van der Waals surface area contributed by atoms with Crippen LogP contribution in [0.2, 0.25) is 0 Å². The number of urea groups is 1. The topological polar surface area (TPSA) is 149 Å². The first-order chi connectivity index (χ1) is 11.0. The Morgan fingerprint density at radius 1 is 0.913 bits per heavy atom. The van der Waals surface area contributed by atoms with Crippen LogP contribution in [0.3, 0.4) is 0 Å². The van der Waals surface area contributed by atoms with Gasteiger partial charge in [-0.3, -0.25) is 10.9 Å². The monoisotopic (exact) mass is 321 g/mol. The van der Waals surface area contributed by atoms with Crippen molar-refractivity contribution in [3.05, 3.63) is 58.9 Å². The zero-order valence-electron chi connectivity index (χ0n) is 11.7. The number of anilines is 2. The molecule has 0 heterocycles. The third-order valence-electron chi connectivity index (χ3n) is 2.78. The lowest BCUT2D eigenvalue weighted by molar-refractivity contribution is -0.996. The second kappa shape index (κ2) is 7.51. The molecule has 10 nitrogen and oxygen atoms in total. The van der Waals surface area contributed by atoms with E-state index in [9.17, 15) is 15.2 Å². The molecule has 122 valence electrons. The second-order valence-corrected chi connectivity index (χ2v) is 4.48. The van der Waals surface area contributed by atoms with Crippen molar-refractivity contribution in [1.29, 1.82) is 0 Å². The minimum Gasteiger partial charge on any atom is -0.595 e. The SMILES string of the molecule is O=C(NNc1ccccc1)Nc1cc([NH+]([O-])O)cc([NH+]([O-])O)c1. The maximum absolute atomic E-state index is 11.8. The Balaban J connectivity index is 2.05. The number of hydrogen-bond donors (Lipinski definition) is 7. The van der Waals surface area contributed by atoms with Crippen molar-refractivity contribution < 1.29 is 25.7 Å². The maximum atomic E-state index is 11.8. The Hall–Kier alpha value is -2.73. The molecule has 0 spiro atoms. The van der Waals surface area contributed by atoms with Gasteiger partial charge in [0.25, 0.3) is 0 Å². The average Bonchev–Trinajstić information content (AvgIpc) is 2.53. The van der Waals surface area contributed by atoms with Crippen LogP contribution in [0.25, 0.3) is 0 Å². The first-order valence-electron chi connectivity index (χ1n) is 6.45. The summed E-state index contributed by atoms with van der Waals surface area (Å²) in [4.78, 5) is 11.8. The van der Waals surface area contributed by atoms with E-state index in [-0.39, 0.29) is 17.1 Å². The molecule has 0 bridgehead atoms. The van der Waals surface area contributed by atoms with Crippen molar-refractivity contribution in [3.8, 4) is 0 Å². The Morgan fingerprint density at radius 3 is 2.00 bits per heavy atom. The fraction of sp³-hybridized carbons (Fsp3) is 0. The van der Waals surface area contributed by atoms with Gasteiger partial charge < -0.3 is 15.7 Å². The number of amides is 2. The minimum atomic E-state index is -1.29. The maximum Gasteiger partial charge on any atom is 0.337 e. The molecule has 10 heteroatoms. The molecule has 0 aliphatic carbocycles. The van der Waals surface area contributed by atoms with Crippen LogP contribution in [0, 0.1) is 10.4 Å². The van der Waals surface area contributed by atoms with Gasteiger partial charge in [0.1, 0.15) is 0 Å². The van der Waals surface area contributed by atoms with Crippen LogP contribution in [0.5, 0.6) is 0 Å². The van der Waals surface area contributed by atoms with E-state index < -0.39 is 16.5 Å². The lowest BCUT2D eigenvalue weighted by Crippen LogP contribution is -3.00. The van der Waals surface area contributed by atoms with Gasteiger partial charge in [-0.2, -0.15) is 10.5 Å². The molecule has 2 aromatic carbocycles. The summed E-state index contributed by atoms with van der Waals surface area (Å²) in [7, 11) is 0. The first kappa shape index (κ1) is 16.6. The number of rotatable bonds is 5. The summed E-state index contributed by atoms with van der Waals surface area (Å²) in [5.74, 6) is 0. The van der Waals surface area contributed by atoms with E-state index in [0.717, 1.165) is 18.2 Å². The molecule has 2 rings (SSSR count). The Labute approximate surface area is 130 Å². The fourth-order valence-corrected chi connectivity index (χ4v) is 1.76. The number of nitrogens with one attached hydrogen (secondary N) is 5. The van der Waals surface area contributed by atoms with Crippen LogP contribution in [0.15, 0.2) is 48.5 Å². The van der Waals surface area contributed by atoms with Crippen LogP contribution in [0.4, 0.5) is 27.5 Å². The molecule has 2 unspecified atom stereocenters. The molecular formula is C13H15N5O5. The highest BCUT2D eigenvalue weighted by molar-refractivity contribution is 5.90. The van der Waals surface area contributed by atoms with Crippen molar-refractivity contribution in [2.75, 3.05) is 10.7 Å². The number of carbonyl (C=O) groups excluding carboxylic acids is 1. The molecule has 0 radical (unpaired) electrons. The molecule has 0 aromatic heterocycles. The van der Waals surface area contributed by atoms with E-state index >= 15 is 0 Å². The van der Waals surface area contributed by atoms with Gasteiger partial charge in [-0.25, -0.2) is 15.2 Å². The third kappa shape index (κ3) is 4.89. The molecule has 2 atom stereocenters. The van der Waals surface area contributed by atoms with Crippen LogP contribution >= 0.6 is 0 Å². The molecule has 0 aliphatic rings. The quantitative estimate of drug-likeness (QED) is 0.374. The van der Waals surface area contributed by atoms with E-state index in [0.29, 0.717) is 5.69 Å². The van der Waals surface area contributed by atoms with Crippen LogP contribution < -0.4 is 26.6 Å². The molecule has 2 amide bonds. The van der Waals surface area contributed by atoms with Gasteiger partial charge in [-0.1, -0.05) is 18.2 Å². The normalized spacial score (nSPS) is 13.0. The summed E-state index contributed by atoms with van der Waals surface area (Å²) < 4.78 is 0. The molecule has 0 aliphatic heterocycles. The Bertz CT molecular complexity index is 639. The molecule has 2 aromatic rings. The van der Waals surface area contributed by atoms with Gasteiger partial charge in [0.2, 0.25) is 0 Å². The summed E-state index contributed by atoms with van der Waals surface area (Å²) in [6.45, 7) is 0. The van der Waals surface area contributed by atoms with Crippen molar-refractivity contribution in [3.63, 3.8) is 0 Å². The van der Waals surface area contributed by atoms with Crippen molar-refractivity contribution >= 4 is 28.8 Å².